The maximum absolute atomic E-state index is 12.4. The molecule has 0 unspecified atom stereocenters. The monoisotopic (exact) mass is 307 g/mol. The van der Waals surface area contributed by atoms with Gasteiger partial charge in [0.15, 0.2) is 0 Å². The van der Waals surface area contributed by atoms with Crippen molar-refractivity contribution in [2.24, 2.45) is 0 Å². The third-order valence-electron chi connectivity index (χ3n) is 4.10. The van der Waals surface area contributed by atoms with E-state index in [9.17, 15) is 9.90 Å². The third kappa shape index (κ3) is 4.21. The van der Waals surface area contributed by atoms with E-state index in [1.807, 2.05) is 31.2 Å². The van der Waals surface area contributed by atoms with E-state index in [2.05, 4.69) is 0 Å². The van der Waals surface area contributed by atoms with Crippen molar-refractivity contribution in [3.05, 3.63) is 29.8 Å². The lowest BCUT2D eigenvalue weighted by atomic mass is 10.1. The molecule has 22 heavy (non-hydrogen) atoms. The molecule has 5 heteroatoms. The van der Waals surface area contributed by atoms with Gasteiger partial charge in [-0.2, -0.15) is 0 Å². The van der Waals surface area contributed by atoms with Crippen molar-refractivity contribution in [1.29, 1.82) is 0 Å². The number of aliphatic hydroxyl groups is 1. The average Bonchev–Trinajstić information content (AvgIpc) is 2.98. The summed E-state index contributed by atoms with van der Waals surface area (Å²) in [5.74, 6) is 0.924. The summed E-state index contributed by atoms with van der Waals surface area (Å²) in [7, 11) is 1.65. The zero-order valence-electron chi connectivity index (χ0n) is 13.3. The van der Waals surface area contributed by atoms with Crippen LogP contribution in [0.4, 0.5) is 0 Å². The van der Waals surface area contributed by atoms with Gasteiger partial charge in [0.2, 0.25) is 5.91 Å². The smallest absolute Gasteiger partial charge is 0.223 e. The number of likely N-dealkylation sites (tertiary alicyclic amines) is 1. The maximum atomic E-state index is 12.4. The van der Waals surface area contributed by atoms with E-state index >= 15 is 0 Å². The number of methoxy groups -OCH3 is 1. The first kappa shape index (κ1) is 16.8. The SMILES string of the molecule is CCOc1ccc(CCC(=O)N2C[C@H](OC)C[C@H]2CO)cc1. The number of rotatable bonds is 7. The van der Waals surface area contributed by atoms with Gasteiger partial charge in [-0.1, -0.05) is 12.1 Å². The number of hydrogen-bond donors (Lipinski definition) is 1. The maximum Gasteiger partial charge on any atom is 0.223 e. The molecule has 2 atom stereocenters. The predicted molar refractivity (Wildman–Crippen MR) is 83.9 cm³/mol. The number of ether oxygens (including phenoxy) is 2. The molecule has 1 heterocycles. The zero-order chi connectivity index (χ0) is 15.9. The van der Waals surface area contributed by atoms with Crippen LogP contribution in [0.5, 0.6) is 5.75 Å². The fraction of sp³-hybridized carbons (Fsp3) is 0.588. The molecular weight excluding hydrogens is 282 g/mol. The second kappa shape index (κ2) is 8.15. The van der Waals surface area contributed by atoms with Crippen molar-refractivity contribution >= 4 is 5.91 Å². The van der Waals surface area contributed by atoms with Crippen molar-refractivity contribution in [3.8, 4) is 5.75 Å². The Morgan fingerprint density at radius 2 is 2.09 bits per heavy atom. The van der Waals surface area contributed by atoms with Crippen LogP contribution in [-0.2, 0) is 16.0 Å². The standard InChI is InChI=1S/C17H25NO4/c1-3-22-15-7-4-13(5-8-15)6-9-17(20)18-11-16(21-2)10-14(18)12-19/h4-5,7-8,14,16,19H,3,6,9-12H2,1-2H3/t14-,16+/m0/s1. The van der Waals surface area contributed by atoms with E-state index in [4.69, 9.17) is 9.47 Å². The van der Waals surface area contributed by atoms with Crippen molar-refractivity contribution in [2.75, 3.05) is 26.9 Å². The van der Waals surface area contributed by atoms with Crippen LogP contribution in [0, 0.1) is 0 Å². The summed E-state index contributed by atoms with van der Waals surface area (Å²) < 4.78 is 10.7. The lowest BCUT2D eigenvalue weighted by molar-refractivity contribution is -0.133. The largest absolute Gasteiger partial charge is 0.494 e. The Balaban J connectivity index is 1.86. The summed E-state index contributed by atoms with van der Waals surface area (Å²) in [6.07, 6.45) is 1.88. The van der Waals surface area contributed by atoms with Crippen LogP contribution in [0.15, 0.2) is 24.3 Å². The number of amides is 1. The first-order chi connectivity index (χ1) is 10.7. The van der Waals surface area contributed by atoms with Gasteiger partial charge >= 0.3 is 0 Å². The minimum atomic E-state index is -0.113. The topological polar surface area (TPSA) is 59.0 Å². The minimum absolute atomic E-state index is 0.00530. The molecular formula is C17H25NO4. The zero-order valence-corrected chi connectivity index (χ0v) is 13.3. The van der Waals surface area contributed by atoms with E-state index in [1.54, 1.807) is 12.0 Å². The molecule has 2 rings (SSSR count). The van der Waals surface area contributed by atoms with Crippen molar-refractivity contribution < 1.29 is 19.4 Å². The molecule has 1 N–H and O–H groups in total. The minimum Gasteiger partial charge on any atom is -0.494 e. The van der Waals surface area contributed by atoms with Gasteiger partial charge < -0.3 is 19.5 Å². The van der Waals surface area contributed by atoms with Gasteiger partial charge in [0.1, 0.15) is 5.75 Å². The molecule has 1 fully saturated rings. The first-order valence-electron chi connectivity index (χ1n) is 7.82. The molecule has 1 aromatic carbocycles. The highest BCUT2D eigenvalue weighted by atomic mass is 16.5. The van der Waals surface area contributed by atoms with E-state index in [1.165, 1.54) is 0 Å². The highest BCUT2D eigenvalue weighted by Crippen LogP contribution is 2.21. The Morgan fingerprint density at radius 3 is 2.68 bits per heavy atom. The lowest BCUT2D eigenvalue weighted by Crippen LogP contribution is -2.38. The van der Waals surface area contributed by atoms with Crippen LogP contribution >= 0.6 is 0 Å². The predicted octanol–water partition coefficient (Wildman–Crippen LogP) is 1.63. The highest BCUT2D eigenvalue weighted by Gasteiger charge is 2.34. The summed E-state index contributed by atoms with van der Waals surface area (Å²) >= 11 is 0. The van der Waals surface area contributed by atoms with Crippen molar-refractivity contribution in [1.82, 2.24) is 4.90 Å². The fourth-order valence-corrected chi connectivity index (χ4v) is 2.84. The molecule has 1 aliphatic rings. The molecule has 122 valence electrons. The Bertz CT molecular complexity index is 474. The fourth-order valence-electron chi connectivity index (χ4n) is 2.84. The van der Waals surface area contributed by atoms with Crippen LogP contribution in [0.1, 0.15) is 25.3 Å². The molecule has 0 spiro atoms. The number of aliphatic hydroxyl groups excluding tert-OH is 1. The number of nitrogens with zero attached hydrogens (tertiary/aromatic N) is 1. The van der Waals surface area contributed by atoms with Gasteiger partial charge in [-0.25, -0.2) is 0 Å². The lowest BCUT2D eigenvalue weighted by Gasteiger charge is -2.22. The molecule has 0 bridgehead atoms. The number of aryl methyl sites for hydroxylation is 1. The first-order valence-corrected chi connectivity index (χ1v) is 7.82. The van der Waals surface area contributed by atoms with E-state index < -0.39 is 0 Å². The second-order valence-corrected chi connectivity index (χ2v) is 5.55. The van der Waals surface area contributed by atoms with E-state index in [-0.39, 0.29) is 24.7 Å². The second-order valence-electron chi connectivity index (χ2n) is 5.55. The van der Waals surface area contributed by atoms with E-state index in [0.717, 1.165) is 11.3 Å². The van der Waals surface area contributed by atoms with Gasteiger partial charge in [0.05, 0.1) is 25.4 Å². The summed E-state index contributed by atoms with van der Waals surface area (Å²) in [6, 6.07) is 7.72. The number of benzene rings is 1. The molecule has 0 saturated carbocycles. The van der Waals surface area contributed by atoms with Crippen LogP contribution in [0.25, 0.3) is 0 Å². The van der Waals surface area contributed by atoms with Crippen LogP contribution in [0.3, 0.4) is 0 Å². The van der Waals surface area contributed by atoms with E-state index in [0.29, 0.717) is 32.4 Å². The molecule has 0 aliphatic carbocycles. The van der Waals surface area contributed by atoms with Crippen molar-refractivity contribution in [3.63, 3.8) is 0 Å². The quantitative estimate of drug-likeness (QED) is 0.832. The average molecular weight is 307 g/mol. The molecule has 1 aromatic rings. The molecule has 1 saturated heterocycles. The normalized spacial score (nSPS) is 21.1. The van der Waals surface area contributed by atoms with Gasteiger partial charge in [-0.3, -0.25) is 4.79 Å². The summed E-state index contributed by atoms with van der Waals surface area (Å²) in [5, 5.41) is 9.40. The van der Waals surface area contributed by atoms with Gasteiger partial charge in [0.25, 0.3) is 0 Å². The Morgan fingerprint density at radius 1 is 1.36 bits per heavy atom. The Kier molecular flexibility index (Phi) is 6.21. The number of carbonyl (C=O) groups is 1. The van der Waals surface area contributed by atoms with Crippen LogP contribution in [0.2, 0.25) is 0 Å². The number of carbonyl (C=O) groups excluding carboxylic acids is 1. The number of hydrogen-bond acceptors (Lipinski definition) is 4. The molecule has 1 aliphatic heterocycles. The van der Waals surface area contributed by atoms with Crippen molar-refractivity contribution in [2.45, 2.75) is 38.3 Å². The third-order valence-corrected chi connectivity index (χ3v) is 4.10. The van der Waals surface area contributed by atoms with Crippen LogP contribution < -0.4 is 4.74 Å². The van der Waals surface area contributed by atoms with Gasteiger partial charge in [-0.05, 0) is 37.5 Å². The molecule has 5 nitrogen and oxygen atoms in total. The van der Waals surface area contributed by atoms with Gasteiger partial charge in [-0.15, -0.1) is 0 Å². The summed E-state index contributed by atoms with van der Waals surface area (Å²) in [5.41, 5.74) is 1.11. The molecule has 0 radical (unpaired) electrons. The van der Waals surface area contributed by atoms with Crippen LogP contribution in [-0.4, -0.2) is 54.9 Å². The molecule has 1 amide bonds. The highest BCUT2D eigenvalue weighted by molar-refractivity contribution is 5.77. The summed E-state index contributed by atoms with van der Waals surface area (Å²) in [6.45, 7) is 3.17. The Labute approximate surface area is 131 Å². The summed E-state index contributed by atoms with van der Waals surface area (Å²) in [4.78, 5) is 14.1. The van der Waals surface area contributed by atoms with Gasteiger partial charge in [0, 0.05) is 20.1 Å². The molecule has 0 aromatic heterocycles. The Hall–Kier alpha value is -1.59.